The fourth-order valence-electron chi connectivity index (χ4n) is 3.07. The predicted octanol–water partition coefficient (Wildman–Crippen LogP) is 2.96. The van der Waals surface area contributed by atoms with Gasteiger partial charge in [0.2, 0.25) is 0 Å². The highest BCUT2D eigenvalue weighted by atomic mass is 16.4. The van der Waals surface area contributed by atoms with Crippen LogP contribution in [0.2, 0.25) is 0 Å². The van der Waals surface area contributed by atoms with Crippen molar-refractivity contribution in [2.75, 3.05) is 13.1 Å². The first-order valence-corrected chi connectivity index (χ1v) is 7.26. The van der Waals surface area contributed by atoms with Crippen LogP contribution in [-0.4, -0.2) is 33.6 Å². The first-order valence-electron chi connectivity index (χ1n) is 7.26. The second kappa shape index (κ2) is 5.29. The molecule has 0 unspecified atom stereocenters. The van der Waals surface area contributed by atoms with Crippen molar-refractivity contribution in [2.24, 2.45) is 0 Å². The van der Waals surface area contributed by atoms with Crippen molar-refractivity contribution in [3.05, 3.63) is 35.5 Å². The van der Waals surface area contributed by atoms with Gasteiger partial charge < -0.3 is 9.67 Å². The van der Waals surface area contributed by atoms with E-state index in [9.17, 15) is 4.79 Å². The van der Waals surface area contributed by atoms with Crippen LogP contribution in [-0.2, 0) is 13.1 Å². The molecule has 106 valence electrons. The number of rotatable bonds is 4. The molecular weight excluding hydrogens is 252 g/mol. The van der Waals surface area contributed by atoms with Gasteiger partial charge in [-0.1, -0.05) is 6.07 Å². The maximum Gasteiger partial charge on any atom is 0.335 e. The van der Waals surface area contributed by atoms with Gasteiger partial charge in [-0.05, 0) is 50.6 Å². The zero-order valence-electron chi connectivity index (χ0n) is 11.8. The zero-order valence-corrected chi connectivity index (χ0v) is 11.8. The third-order valence-corrected chi connectivity index (χ3v) is 4.15. The molecule has 4 nitrogen and oxygen atoms in total. The summed E-state index contributed by atoms with van der Waals surface area (Å²) in [5.41, 5.74) is 2.69. The molecule has 1 saturated heterocycles. The van der Waals surface area contributed by atoms with Crippen LogP contribution in [0.5, 0.6) is 0 Å². The van der Waals surface area contributed by atoms with Crippen LogP contribution in [0.1, 0.15) is 35.7 Å². The van der Waals surface area contributed by atoms with Crippen LogP contribution in [0.4, 0.5) is 0 Å². The smallest absolute Gasteiger partial charge is 0.335 e. The number of aromatic nitrogens is 1. The minimum atomic E-state index is -0.864. The maximum atomic E-state index is 11.1. The van der Waals surface area contributed by atoms with Crippen molar-refractivity contribution < 1.29 is 9.90 Å². The van der Waals surface area contributed by atoms with E-state index < -0.39 is 5.97 Å². The van der Waals surface area contributed by atoms with Gasteiger partial charge in [0.05, 0.1) is 5.56 Å². The first kappa shape index (κ1) is 13.2. The van der Waals surface area contributed by atoms with Crippen molar-refractivity contribution in [1.82, 2.24) is 9.47 Å². The fraction of sp³-hybridized carbons (Fsp3) is 0.438. The van der Waals surface area contributed by atoms with E-state index in [2.05, 4.69) is 22.6 Å². The number of nitrogens with zero attached hydrogens (tertiary/aromatic N) is 2. The number of carboxylic acids is 1. The molecule has 0 saturated carbocycles. The summed E-state index contributed by atoms with van der Waals surface area (Å²) >= 11 is 0. The average molecular weight is 272 g/mol. The van der Waals surface area contributed by atoms with Gasteiger partial charge >= 0.3 is 5.97 Å². The summed E-state index contributed by atoms with van der Waals surface area (Å²) in [6, 6.07) is 5.45. The molecule has 1 aliphatic heterocycles. The van der Waals surface area contributed by atoms with Crippen molar-refractivity contribution in [2.45, 2.75) is 32.9 Å². The van der Waals surface area contributed by atoms with Gasteiger partial charge in [-0.15, -0.1) is 0 Å². The Labute approximate surface area is 118 Å². The number of aromatic carboxylic acids is 1. The SMILES string of the molecule is CCn1cc(CN2CCCC2)c2ccc(C(=O)O)cc21. The van der Waals surface area contributed by atoms with Crippen molar-refractivity contribution in [3.63, 3.8) is 0 Å². The Morgan fingerprint density at radius 3 is 2.70 bits per heavy atom. The summed E-state index contributed by atoms with van der Waals surface area (Å²) in [4.78, 5) is 13.6. The molecule has 0 radical (unpaired) electrons. The second-order valence-corrected chi connectivity index (χ2v) is 5.46. The van der Waals surface area contributed by atoms with Crippen molar-refractivity contribution in [1.29, 1.82) is 0 Å². The molecule has 0 bridgehead atoms. The molecule has 1 aliphatic rings. The Hall–Kier alpha value is -1.81. The third kappa shape index (κ3) is 2.31. The summed E-state index contributed by atoms with van der Waals surface area (Å²) in [5, 5.41) is 10.3. The minimum absolute atomic E-state index is 0.359. The van der Waals surface area contributed by atoms with E-state index >= 15 is 0 Å². The monoisotopic (exact) mass is 272 g/mol. The molecule has 0 aliphatic carbocycles. The average Bonchev–Trinajstić information content (AvgIpc) is 3.07. The molecule has 20 heavy (non-hydrogen) atoms. The van der Waals surface area contributed by atoms with E-state index in [4.69, 9.17) is 5.11 Å². The van der Waals surface area contributed by atoms with E-state index in [1.165, 1.54) is 36.9 Å². The summed E-state index contributed by atoms with van der Waals surface area (Å²) in [6.45, 7) is 6.26. The Morgan fingerprint density at radius 1 is 1.30 bits per heavy atom. The number of hydrogen-bond acceptors (Lipinski definition) is 2. The summed E-state index contributed by atoms with van der Waals surface area (Å²) < 4.78 is 2.15. The van der Waals surface area contributed by atoms with E-state index in [0.717, 1.165) is 18.6 Å². The lowest BCUT2D eigenvalue weighted by Gasteiger charge is -2.13. The quantitative estimate of drug-likeness (QED) is 0.930. The van der Waals surface area contributed by atoms with Gasteiger partial charge in [0.15, 0.2) is 0 Å². The Bertz CT molecular complexity index is 639. The van der Waals surface area contributed by atoms with Gasteiger partial charge in [-0.2, -0.15) is 0 Å². The Morgan fingerprint density at radius 2 is 2.05 bits per heavy atom. The lowest BCUT2D eigenvalue weighted by atomic mass is 10.1. The molecule has 2 aromatic rings. The van der Waals surface area contributed by atoms with E-state index in [1.807, 2.05) is 6.07 Å². The largest absolute Gasteiger partial charge is 0.478 e. The summed E-state index contributed by atoms with van der Waals surface area (Å²) in [5.74, 6) is -0.864. The number of benzene rings is 1. The Kier molecular flexibility index (Phi) is 3.49. The van der Waals surface area contributed by atoms with Gasteiger partial charge in [0.25, 0.3) is 0 Å². The topological polar surface area (TPSA) is 45.5 Å². The molecule has 0 amide bonds. The lowest BCUT2D eigenvalue weighted by Crippen LogP contribution is -2.18. The summed E-state index contributed by atoms with van der Waals surface area (Å²) in [7, 11) is 0. The van der Waals surface area contributed by atoms with Crippen LogP contribution in [0.25, 0.3) is 10.9 Å². The third-order valence-electron chi connectivity index (χ3n) is 4.15. The number of likely N-dealkylation sites (tertiary alicyclic amines) is 1. The van der Waals surface area contributed by atoms with Gasteiger partial charge in [0, 0.05) is 30.2 Å². The molecule has 1 aromatic heterocycles. The van der Waals surface area contributed by atoms with Crippen molar-refractivity contribution in [3.8, 4) is 0 Å². The molecule has 0 spiro atoms. The Balaban J connectivity index is 2.02. The van der Waals surface area contributed by atoms with Crippen LogP contribution in [0.3, 0.4) is 0 Å². The van der Waals surface area contributed by atoms with E-state index in [0.29, 0.717) is 5.56 Å². The highest BCUT2D eigenvalue weighted by Gasteiger charge is 2.16. The zero-order chi connectivity index (χ0) is 14.1. The number of fused-ring (bicyclic) bond motifs is 1. The van der Waals surface area contributed by atoms with Crippen LogP contribution >= 0.6 is 0 Å². The molecule has 4 heteroatoms. The molecule has 2 heterocycles. The highest BCUT2D eigenvalue weighted by Crippen LogP contribution is 2.25. The van der Waals surface area contributed by atoms with Crippen LogP contribution < -0.4 is 0 Å². The molecular formula is C16H20N2O2. The minimum Gasteiger partial charge on any atom is -0.478 e. The predicted molar refractivity (Wildman–Crippen MR) is 79.1 cm³/mol. The number of aryl methyl sites for hydroxylation is 1. The van der Waals surface area contributed by atoms with Gasteiger partial charge in [-0.3, -0.25) is 4.90 Å². The lowest BCUT2D eigenvalue weighted by molar-refractivity contribution is 0.0697. The fourth-order valence-corrected chi connectivity index (χ4v) is 3.07. The molecule has 3 rings (SSSR count). The highest BCUT2D eigenvalue weighted by molar-refractivity contribution is 5.94. The first-order chi connectivity index (χ1) is 9.69. The normalized spacial score (nSPS) is 16.1. The van der Waals surface area contributed by atoms with Crippen LogP contribution in [0, 0.1) is 0 Å². The van der Waals surface area contributed by atoms with Gasteiger partial charge in [-0.25, -0.2) is 4.79 Å². The van der Waals surface area contributed by atoms with E-state index in [1.54, 1.807) is 12.1 Å². The summed E-state index contributed by atoms with van der Waals surface area (Å²) in [6.07, 6.45) is 4.75. The second-order valence-electron chi connectivity index (χ2n) is 5.46. The van der Waals surface area contributed by atoms with Crippen LogP contribution in [0.15, 0.2) is 24.4 Å². The molecule has 0 atom stereocenters. The van der Waals surface area contributed by atoms with E-state index in [-0.39, 0.29) is 0 Å². The standard InChI is InChI=1S/C16H20N2O2/c1-2-18-11-13(10-17-7-3-4-8-17)14-6-5-12(16(19)20)9-15(14)18/h5-6,9,11H,2-4,7-8,10H2,1H3,(H,19,20). The molecule has 1 aromatic carbocycles. The maximum absolute atomic E-state index is 11.1. The van der Waals surface area contributed by atoms with Crippen molar-refractivity contribution >= 4 is 16.9 Å². The number of hydrogen-bond donors (Lipinski definition) is 1. The van der Waals surface area contributed by atoms with Gasteiger partial charge in [0.1, 0.15) is 0 Å². The molecule has 1 N–H and O–H groups in total. The molecule has 1 fully saturated rings. The number of carbonyl (C=O) groups is 1. The number of carboxylic acid groups (broad SMARTS) is 1.